The predicted molar refractivity (Wildman–Crippen MR) is 154 cm³/mol. The first kappa shape index (κ1) is 30.8. The molecule has 42 heavy (non-hydrogen) atoms. The molecule has 3 aromatic rings. The van der Waals surface area contributed by atoms with E-state index in [-0.39, 0.29) is 17.7 Å². The molecule has 1 saturated heterocycles. The highest BCUT2D eigenvalue weighted by atomic mass is 35.5. The molecule has 2 aliphatic heterocycles. The summed E-state index contributed by atoms with van der Waals surface area (Å²) in [5.74, 6) is 1.18. The van der Waals surface area contributed by atoms with E-state index in [1.807, 2.05) is 35.2 Å². The van der Waals surface area contributed by atoms with Gasteiger partial charge in [0.15, 0.2) is 5.82 Å². The normalized spacial score (nSPS) is 16.1. The number of halogens is 4. The first-order valence-electron chi connectivity index (χ1n) is 13.4. The van der Waals surface area contributed by atoms with Crippen molar-refractivity contribution in [2.45, 2.75) is 45.2 Å². The number of anilines is 5. The fourth-order valence-corrected chi connectivity index (χ4v) is 4.98. The first-order chi connectivity index (χ1) is 20.0. The lowest BCUT2D eigenvalue weighted by atomic mass is 9.94. The molecule has 0 radical (unpaired) electrons. The Balaban J connectivity index is 0.000000612. The highest BCUT2D eigenvalue weighted by Gasteiger charge is 2.25. The quantitative estimate of drug-likeness (QED) is 0.313. The van der Waals surface area contributed by atoms with E-state index in [4.69, 9.17) is 16.4 Å². The number of piperidine rings is 1. The second-order valence-electron chi connectivity index (χ2n) is 10.1. The van der Waals surface area contributed by atoms with Gasteiger partial charge in [0.2, 0.25) is 24.0 Å². The number of amides is 2. The fourth-order valence-electron chi connectivity index (χ4n) is 4.85. The van der Waals surface area contributed by atoms with Crippen molar-refractivity contribution >= 4 is 58.5 Å². The van der Waals surface area contributed by atoms with Crippen molar-refractivity contribution in [2.75, 3.05) is 29.0 Å². The lowest BCUT2D eigenvalue weighted by Crippen LogP contribution is -2.39. The van der Waals surface area contributed by atoms with Crippen molar-refractivity contribution in [3.05, 3.63) is 64.8 Å². The van der Waals surface area contributed by atoms with Crippen molar-refractivity contribution in [1.82, 2.24) is 14.9 Å². The van der Waals surface area contributed by atoms with E-state index in [9.17, 15) is 22.8 Å². The van der Waals surface area contributed by atoms with E-state index < -0.39 is 12.5 Å². The molecule has 0 aliphatic carbocycles. The average molecular weight is 603 g/mol. The molecular weight excluding hydrogens is 573 g/mol. The standard InChI is InChI=1S/C27H29ClN6O2.C2HF3O/c1-17(35)34-11-3-5-19(16-34)13-25(36)32-24-10-9-22-14-20(24)8-7-18-4-2-6-21(12-18)31-27-29-15-23(28)26(30-22)33-27;3-2(4,5)1-6/h2,4,6,9-10,12,14-15,19H,3,5,7-8,11,13,16H2,1H3,(H,32,36)(H2,29,30,31,33);1H/t19-;/m0./s1. The largest absolute Gasteiger partial charge is 0.446 e. The summed E-state index contributed by atoms with van der Waals surface area (Å²) >= 11 is 6.36. The van der Waals surface area contributed by atoms with Gasteiger partial charge in [0, 0.05) is 43.5 Å². The summed E-state index contributed by atoms with van der Waals surface area (Å²) < 4.78 is 31.2. The molecule has 0 spiro atoms. The van der Waals surface area contributed by atoms with Gasteiger partial charge < -0.3 is 20.9 Å². The van der Waals surface area contributed by atoms with Gasteiger partial charge in [0.25, 0.3) is 0 Å². The van der Waals surface area contributed by atoms with Crippen LogP contribution in [0, 0.1) is 5.92 Å². The van der Waals surface area contributed by atoms with Crippen LogP contribution in [0.5, 0.6) is 0 Å². The number of alkyl halides is 3. The van der Waals surface area contributed by atoms with E-state index in [1.165, 1.54) is 0 Å². The molecule has 2 amide bonds. The predicted octanol–water partition coefficient (Wildman–Crippen LogP) is 6.05. The van der Waals surface area contributed by atoms with E-state index in [2.05, 4.69) is 38.1 Å². The van der Waals surface area contributed by atoms with E-state index in [1.54, 1.807) is 13.1 Å². The smallest absolute Gasteiger partial charge is 0.343 e. The van der Waals surface area contributed by atoms with Crippen molar-refractivity contribution in [1.29, 1.82) is 0 Å². The molecule has 3 heterocycles. The maximum atomic E-state index is 13.0. The summed E-state index contributed by atoms with van der Waals surface area (Å²) in [4.78, 5) is 44.1. The minimum absolute atomic E-state index is 0.0278. The van der Waals surface area contributed by atoms with Crippen LogP contribution in [0.15, 0.2) is 48.7 Å². The number of aryl methyl sites for hydroxylation is 2. The molecule has 1 fully saturated rings. The molecule has 9 nitrogen and oxygen atoms in total. The molecule has 0 saturated carbocycles. The zero-order valence-corrected chi connectivity index (χ0v) is 23.6. The number of nitrogens with one attached hydrogen (secondary N) is 3. The molecule has 13 heteroatoms. The number of hydrogen-bond donors (Lipinski definition) is 3. The van der Waals surface area contributed by atoms with Crippen molar-refractivity contribution in [3.63, 3.8) is 0 Å². The number of carbonyl (C=O) groups is 3. The third kappa shape index (κ3) is 8.90. The number of aromatic nitrogens is 2. The van der Waals surface area contributed by atoms with Crippen molar-refractivity contribution in [3.8, 4) is 0 Å². The molecule has 222 valence electrons. The monoisotopic (exact) mass is 602 g/mol. The number of rotatable bonds is 3. The number of hydrogen-bond acceptors (Lipinski definition) is 7. The third-order valence-electron chi connectivity index (χ3n) is 6.82. The van der Waals surface area contributed by atoms with E-state index in [0.29, 0.717) is 29.8 Å². The fraction of sp³-hybridized carbons (Fsp3) is 0.345. The van der Waals surface area contributed by atoms with Gasteiger partial charge in [-0.15, -0.1) is 0 Å². The lowest BCUT2D eigenvalue weighted by molar-refractivity contribution is -0.156. The molecule has 2 aromatic carbocycles. The minimum Gasteiger partial charge on any atom is -0.343 e. The SMILES string of the molecule is CC(=O)N1CCC[C@@H](CC(=O)Nc2ccc3cc2CCc2cccc(c2)Nc2ncc(Cl)c(n2)N3)C1.O=CC(F)(F)F. The van der Waals surface area contributed by atoms with Crippen LogP contribution in [-0.4, -0.2) is 52.2 Å². The van der Waals surface area contributed by atoms with Crippen LogP contribution in [0.3, 0.4) is 0 Å². The van der Waals surface area contributed by atoms with Crippen molar-refractivity contribution in [2.24, 2.45) is 5.92 Å². The summed E-state index contributed by atoms with van der Waals surface area (Å²) in [6, 6.07) is 14.0. The van der Waals surface area contributed by atoms with Crippen LogP contribution < -0.4 is 16.0 Å². The highest BCUT2D eigenvalue weighted by Crippen LogP contribution is 2.30. The summed E-state index contributed by atoms with van der Waals surface area (Å²) in [6.45, 7) is 3.01. The van der Waals surface area contributed by atoms with Gasteiger partial charge in [-0.3, -0.25) is 14.4 Å². The minimum atomic E-state index is -4.64. The number of aldehydes is 1. The van der Waals surface area contributed by atoms with Gasteiger partial charge in [-0.25, -0.2) is 4.98 Å². The maximum Gasteiger partial charge on any atom is 0.446 e. The van der Waals surface area contributed by atoms with Gasteiger partial charge in [0.05, 0.1) is 6.20 Å². The summed E-state index contributed by atoms with van der Waals surface area (Å²) in [5.41, 5.74) is 4.70. The van der Waals surface area contributed by atoms with Crippen LogP contribution in [-0.2, 0) is 27.2 Å². The second kappa shape index (κ2) is 13.6. The Labute approximate surface area is 245 Å². The zero-order chi connectivity index (χ0) is 30.3. The van der Waals surface area contributed by atoms with Gasteiger partial charge >= 0.3 is 6.18 Å². The number of likely N-dealkylation sites (tertiary alicyclic amines) is 1. The average Bonchev–Trinajstić information content (AvgIpc) is 2.95. The summed E-state index contributed by atoms with van der Waals surface area (Å²) in [5, 5.41) is 10.1. The molecule has 2 aliphatic rings. The molecule has 1 aromatic heterocycles. The van der Waals surface area contributed by atoms with Gasteiger partial charge in [-0.1, -0.05) is 23.7 Å². The molecular formula is C29H30ClF3N6O3. The summed E-state index contributed by atoms with van der Waals surface area (Å²) in [7, 11) is 0. The Hall–Kier alpha value is -4.19. The highest BCUT2D eigenvalue weighted by molar-refractivity contribution is 6.32. The Bertz CT molecular complexity index is 1450. The lowest BCUT2D eigenvalue weighted by Gasteiger charge is -2.31. The number of carbonyl (C=O) groups excluding carboxylic acids is 3. The Kier molecular flexibility index (Phi) is 10.00. The maximum absolute atomic E-state index is 13.0. The summed E-state index contributed by atoms with van der Waals surface area (Å²) in [6.07, 6.45) is -0.298. The second-order valence-corrected chi connectivity index (χ2v) is 10.5. The number of nitrogens with zero attached hydrogens (tertiary/aromatic N) is 3. The van der Waals surface area contributed by atoms with E-state index >= 15 is 0 Å². The Morgan fingerprint density at radius 3 is 2.64 bits per heavy atom. The molecule has 5 rings (SSSR count). The molecule has 1 atom stereocenters. The van der Waals surface area contributed by atoms with Crippen LogP contribution in [0.1, 0.15) is 37.3 Å². The van der Waals surface area contributed by atoms with E-state index in [0.717, 1.165) is 60.4 Å². The van der Waals surface area contributed by atoms with Crippen LogP contribution in [0.2, 0.25) is 5.02 Å². The molecule has 0 unspecified atom stereocenters. The zero-order valence-electron chi connectivity index (χ0n) is 22.8. The molecule has 3 N–H and O–H groups in total. The molecule has 6 bridgehead atoms. The van der Waals surface area contributed by atoms with Crippen LogP contribution >= 0.6 is 11.6 Å². The number of benzene rings is 2. The van der Waals surface area contributed by atoms with Gasteiger partial charge in [0.1, 0.15) is 5.02 Å². The number of fused-ring (bicyclic) bond motifs is 6. The van der Waals surface area contributed by atoms with Crippen molar-refractivity contribution < 1.29 is 27.6 Å². The van der Waals surface area contributed by atoms with Gasteiger partial charge in [-0.05, 0) is 73.1 Å². The Morgan fingerprint density at radius 1 is 1.14 bits per heavy atom. The van der Waals surface area contributed by atoms with Crippen LogP contribution in [0.25, 0.3) is 0 Å². The van der Waals surface area contributed by atoms with Gasteiger partial charge in [-0.2, -0.15) is 18.2 Å². The van der Waals surface area contributed by atoms with Crippen LogP contribution in [0.4, 0.5) is 42.0 Å². The topological polar surface area (TPSA) is 116 Å². The Morgan fingerprint density at radius 2 is 1.90 bits per heavy atom. The first-order valence-corrected chi connectivity index (χ1v) is 13.7. The third-order valence-corrected chi connectivity index (χ3v) is 7.10.